The summed E-state index contributed by atoms with van der Waals surface area (Å²) in [5.41, 5.74) is 2.47. The minimum Gasteiger partial charge on any atom is -0.626 e. The molecule has 0 amide bonds. The van der Waals surface area contributed by atoms with E-state index in [2.05, 4.69) is 0 Å². The Labute approximate surface area is 147 Å². The summed E-state index contributed by atoms with van der Waals surface area (Å²) >= 11 is 0. The molecule has 2 atom stereocenters. The van der Waals surface area contributed by atoms with Gasteiger partial charge in [-0.05, 0) is 19.1 Å². The SMILES string of the molecule is C[C@@H](c1ccccc1)[N+]1=Cc2ccccc2O[B-]1(F)c1ccccc1. The molecular weight excluding hydrogens is 312 g/mol. The Bertz CT molecular complexity index is 913. The monoisotopic (exact) mass is 331 g/mol. The normalized spacial score (nSPS) is 20.2. The minimum atomic E-state index is -2.87. The molecule has 0 saturated heterocycles. The first kappa shape index (κ1) is 15.6. The van der Waals surface area contributed by atoms with E-state index >= 15 is 4.32 Å². The summed E-state index contributed by atoms with van der Waals surface area (Å²) in [6.07, 6.45) is 1.88. The van der Waals surface area contributed by atoms with Crippen LogP contribution in [-0.2, 0) is 0 Å². The zero-order valence-electron chi connectivity index (χ0n) is 14.0. The van der Waals surface area contributed by atoms with E-state index in [1.165, 1.54) is 0 Å². The molecule has 1 aliphatic heterocycles. The molecule has 0 aliphatic carbocycles. The molecule has 0 spiro atoms. The molecule has 25 heavy (non-hydrogen) atoms. The van der Waals surface area contributed by atoms with Crippen LogP contribution in [0.15, 0.2) is 84.9 Å². The molecule has 0 aromatic heterocycles. The second-order valence-corrected chi connectivity index (χ2v) is 6.38. The summed E-state index contributed by atoms with van der Waals surface area (Å²) in [5, 5.41) is 0. The van der Waals surface area contributed by atoms with Gasteiger partial charge in [-0.15, -0.1) is 0 Å². The van der Waals surface area contributed by atoms with Crippen molar-refractivity contribution in [1.82, 2.24) is 0 Å². The molecule has 4 heteroatoms. The molecule has 3 aromatic carbocycles. The van der Waals surface area contributed by atoms with E-state index in [1.807, 2.05) is 85.9 Å². The fourth-order valence-corrected chi connectivity index (χ4v) is 3.41. The van der Waals surface area contributed by atoms with Crippen molar-refractivity contribution in [1.29, 1.82) is 0 Å². The van der Waals surface area contributed by atoms with E-state index in [9.17, 15) is 0 Å². The molecule has 0 radical (unpaired) electrons. The predicted octanol–water partition coefficient (Wildman–Crippen LogP) is 4.09. The van der Waals surface area contributed by atoms with Gasteiger partial charge in [-0.1, -0.05) is 78.3 Å². The van der Waals surface area contributed by atoms with E-state index < -0.39 is 6.76 Å². The van der Waals surface area contributed by atoms with Crippen molar-refractivity contribution in [3.05, 3.63) is 96.1 Å². The average Bonchev–Trinajstić information content (AvgIpc) is 2.68. The van der Waals surface area contributed by atoms with Gasteiger partial charge in [0.15, 0.2) is 0 Å². The first-order valence-corrected chi connectivity index (χ1v) is 8.52. The lowest BCUT2D eigenvalue weighted by atomic mass is 9.64. The summed E-state index contributed by atoms with van der Waals surface area (Å²) in [6.45, 7) is -0.871. The lowest BCUT2D eigenvalue weighted by Crippen LogP contribution is -2.62. The van der Waals surface area contributed by atoms with Crippen LogP contribution in [0.5, 0.6) is 5.75 Å². The van der Waals surface area contributed by atoms with Crippen LogP contribution in [0.3, 0.4) is 0 Å². The number of benzene rings is 3. The van der Waals surface area contributed by atoms with Crippen LogP contribution in [0.2, 0.25) is 0 Å². The number of halogens is 1. The van der Waals surface area contributed by atoms with Crippen LogP contribution < -0.4 is 10.1 Å². The molecule has 4 rings (SSSR count). The molecule has 0 fully saturated rings. The quantitative estimate of drug-likeness (QED) is 0.659. The van der Waals surface area contributed by atoms with E-state index in [0.717, 1.165) is 11.1 Å². The van der Waals surface area contributed by atoms with E-state index in [1.54, 1.807) is 16.6 Å². The molecule has 3 aromatic rings. The summed E-state index contributed by atoms with van der Waals surface area (Å²) in [4.78, 5) is 0. The Kier molecular flexibility index (Phi) is 3.88. The van der Waals surface area contributed by atoms with E-state index in [-0.39, 0.29) is 6.04 Å². The smallest absolute Gasteiger partial charge is 0.626 e. The largest absolute Gasteiger partial charge is 0.659 e. The molecule has 2 nitrogen and oxygen atoms in total. The third-order valence-corrected chi connectivity index (χ3v) is 4.81. The van der Waals surface area contributed by atoms with Crippen molar-refractivity contribution in [3.8, 4) is 5.75 Å². The highest BCUT2D eigenvalue weighted by Gasteiger charge is 2.50. The van der Waals surface area contributed by atoms with Crippen LogP contribution in [0, 0.1) is 0 Å². The Hall–Kier alpha value is -2.88. The highest BCUT2D eigenvalue weighted by molar-refractivity contribution is 6.74. The Morgan fingerprint density at radius 3 is 2.16 bits per heavy atom. The number of hydrogen-bond donors (Lipinski definition) is 0. The summed E-state index contributed by atoms with van der Waals surface area (Å²) < 4.78 is 24.0. The van der Waals surface area contributed by atoms with Gasteiger partial charge in [-0.2, -0.15) is 0 Å². The number of rotatable bonds is 3. The Balaban J connectivity index is 1.88. The van der Waals surface area contributed by atoms with Gasteiger partial charge in [0.25, 0.3) is 0 Å². The van der Waals surface area contributed by atoms with Crippen LogP contribution in [0.1, 0.15) is 24.1 Å². The summed E-state index contributed by atoms with van der Waals surface area (Å²) in [6, 6.07) is 26.5. The zero-order valence-corrected chi connectivity index (χ0v) is 14.0. The molecule has 1 heterocycles. The number of fused-ring (bicyclic) bond motifs is 1. The number of hydrogen-bond acceptors (Lipinski definition) is 1. The van der Waals surface area contributed by atoms with Crippen LogP contribution in [0.4, 0.5) is 4.32 Å². The fraction of sp³-hybridized carbons (Fsp3) is 0.0952. The van der Waals surface area contributed by atoms with Crippen molar-refractivity contribution < 1.29 is 13.5 Å². The number of para-hydroxylation sites is 1. The first-order chi connectivity index (χ1) is 12.2. The first-order valence-electron chi connectivity index (χ1n) is 8.52. The maximum atomic E-state index is 16.3. The highest BCUT2D eigenvalue weighted by atomic mass is 19.1. The number of nitrogens with zero attached hydrogens (tertiary/aromatic N) is 1. The van der Waals surface area contributed by atoms with Gasteiger partial charge in [-0.3, -0.25) is 0 Å². The standard InChI is InChI=1S/C21H19BFNO/c1-17(18-10-4-2-5-11-18)24-16-19-12-8-9-15-21(19)25-22(24,23)20-13-6-3-7-14-20/h2-17H,1H3/t17-,22?/m0/s1. The predicted molar refractivity (Wildman–Crippen MR) is 100 cm³/mol. The van der Waals surface area contributed by atoms with Gasteiger partial charge in [0.2, 0.25) is 0 Å². The van der Waals surface area contributed by atoms with Crippen molar-refractivity contribution in [2.24, 2.45) is 0 Å². The fourth-order valence-electron chi connectivity index (χ4n) is 3.41. The van der Waals surface area contributed by atoms with Crippen molar-refractivity contribution in [2.45, 2.75) is 13.0 Å². The molecular formula is C21H19BFNO. The van der Waals surface area contributed by atoms with E-state index in [0.29, 0.717) is 11.2 Å². The maximum absolute atomic E-state index is 16.3. The third kappa shape index (κ3) is 2.74. The van der Waals surface area contributed by atoms with Crippen molar-refractivity contribution in [2.75, 3.05) is 0 Å². The van der Waals surface area contributed by atoms with Crippen LogP contribution in [-0.4, -0.2) is 17.5 Å². The third-order valence-electron chi connectivity index (χ3n) is 4.81. The molecule has 124 valence electrons. The van der Waals surface area contributed by atoms with Crippen LogP contribution >= 0.6 is 0 Å². The lowest BCUT2D eigenvalue weighted by molar-refractivity contribution is -0.464. The van der Waals surface area contributed by atoms with E-state index in [4.69, 9.17) is 4.65 Å². The Morgan fingerprint density at radius 1 is 0.840 bits per heavy atom. The average molecular weight is 331 g/mol. The van der Waals surface area contributed by atoms with Crippen molar-refractivity contribution >= 4 is 18.4 Å². The van der Waals surface area contributed by atoms with Gasteiger partial charge < -0.3 is 13.5 Å². The molecule has 0 N–H and O–H groups in total. The van der Waals surface area contributed by atoms with Gasteiger partial charge >= 0.3 is 6.76 Å². The minimum absolute atomic E-state index is 0.167. The molecule has 1 aliphatic rings. The molecule has 0 bridgehead atoms. The molecule has 0 saturated carbocycles. The van der Waals surface area contributed by atoms with Crippen molar-refractivity contribution in [3.63, 3.8) is 0 Å². The van der Waals surface area contributed by atoms with Crippen LogP contribution in [0.25, 0.3) is 0 Å². The second-order valence-electron chi connectivity index (χ2n) is 6.38. The summed E-state index contributed by atoms with van der Waals surface area (Å²) in [5.74, 6) is 0.574. The summed E-state index contributed by atoms with van der Waals surface area (Å²) in [7, 11) is 0. The second kappa shape index (κ2) is 6.21. The zero-order chi connectivity index (χ0) is 17.3. The van der Waals surface area contributed by atoms with Gasteiger partial charge in [0.1, 0.15) is 12.3 Å². The Morgan fingerprint density at radius 2 is 1.44 bits per heavy atom. The lowest BCUT2D eigenvalue weighted by Gasteiger charge is -2.38. The van der Waals surface area contributed by atoms with Gasteiger partial charge in [0, 0.05) is 5.56 Å². The van der Waals surface area contributed by atoms with Gasteiger partial charge in [-0.25, -0.2) is 0 Å². The maximum Gasteiger partial charge on any atom is 0.659 e. The topological polar surface area (TPSA) is 12.2 Å². The highest BCUT2D eigenvalue weighted by Crippen LogP contribution is 2.30. The molecule has 1 unspecified atom stereocenters. The van der Waals surface area contributed by atoms with Gasteiger partial charge in [0.05, 0.1) is 11.3 Å².